The molecule has 0 atom stereocenters. The predicted octanol–water partition coefficient (Wildman–Crippen LogP) is 38.4. The number of para-hydroxylation sites is 9. The summed E-state index contributed by atoms with van der Waals surface area (Å²) in [5, 5.41) is 19.9. The highest BCUT2D eigenvalue weighted by Gasteiger charge is 2.34. The zero-order chi connectivity index (χ0) is 93.0. The van der Waals surface area contributed by atoms with Crippen LogP contribution in [-0.2, 0) is 0 Å². The Morgan fingerprint density at radius 2 is 0.386 bits per heavy atom. The fourth-order valence-corrected chi connectivity index (χ4v) is 22.5. The Labute approximate surface area is 804 Å². The molecule has 0 aliphatic rings. The van der Waals surface area contributed by atoms with E-state index in [2.05, 4.69) is 474 Å². The van der Waals surface area contributed by atoms with Crippen LogP contribution in [0.1, 0.15) is 33.4 Å². The van der Waals surface area contributed by atoms with Gasteiger partial charge in [0.25, 0.3) is 0 Å². The largest absolute Gasteiger partial charge is 0.455 e. The summed E-state index contributed by atoms with van der Waals surface area (Å²) < 4.78 is 44.6. The minimum absolute atomic E-state index is 0.745. The van der Waals surface area contributed by atoms with Crippen LogP contribution in [0.5, 0.6) is 0 Å². The molecule has 0 radical (unpaired) electrons. The molecule has 0 amide bonds. The molecule has 140 heavy (non-hydrogen) atoms. The standard InChI is InChI=1S/C130H86N4O6/c1-75-58-63-85(64-59-75)131(111-54-26-48-99-96-45-23-30-77(3)119(96)135-127(99)111)115-71-105-106-72-116(90-40-14-17-43-94(90)124(106)139-123(105)93-42-16-13-39-89(93)115)132(86-65-60-76(2)61-66-86)112-55-29-51-102-104-70-84(68-80(6)122(104)138-130(102)112)83-62-67-92-103(69-83)126-108(74-118(92)134(110-53-22-20-38-88(110)82-35-11-8-12-36-82)114-57-28-50-101-98-47-25-32-79(5)121(98)137-129(101)114)107-73-117(91-41-15-18-44-95(91)125(107)140-126)133(109-52-21-19-37-87(109)81-33-9-7-10-34-81)113-56-27-49-100-97-46-24-31-78(4)120(97)136-128(100)113/h7-74H,1-6H3. The first-order valence-electron chi connectivity index (χ1n) is 47.9. The number of furan rings is 6. The molecule has 6 aromatic heterocycles. The summed E-state index contributed by atoms with van der Waals surface area (Å²) in [6, 6.07) is 150. The van der Waals surface area contributed by atoms with Crippen molar-refractivity contribution < 1.29 is 26.5 Å². The Balaban J connectivity index is 0.673. The van der Waals surface area contributed by atoms with Gasteiger partial charge in [-0.1, -0.05) is 321 Å². The van der Waals surface area contributed by atoms with Gasteiger partial charge in [-0.05, 0) is 189 Å². The Morgan fingerprint density at radius 3 is 0.771 bits per heavy atom. The van der Waals surface area contributed by atoms with Gasteiger partial charge in [0, 0.05) is 130 Å². The Bertz CT molecular complexity index is 10100. The number of rotatable bonds is 15. The van der Waals surface area contributed by atoms with Crippen LogP contribution in [0.15, 0.2) is 439 Å². The summed E-state index contributed by atoms with van der Waals surface area (Å²) in [7, 11) is 0. The van der Waals surface area contributed by atoms with E-state index in [9.17, 15) is 0 Å². The van der Waals surface area contributed by atoms with Gasteiger partial charge in [-0.15, -0.1) is 0 Å². The first-order chi connectivity index (χ1) is 68.9. The third-order valence-corrected chi connectivity index (χ3v) is 29.1. The van der Waals surface area contributed by atoms with E-state index < -0.39 is 0 Å². The number of fused-ring (bicyclic) bond motifs is 26. The number of aryl methyl sites for hydroxylation is 6. The molecular weight excluding hydrogens is 1710 g/mol. The maximum Gasteiger partial charge on any atom is 0.159 e. The fourth-order valence-electron chi connectivity index (χ4n) is 22.5. The highest BCUT2D eigenvalue weighted by molar-refractivity contribution is 6.30. The molecule has 0 aliphatic carbocycles. The summed E-state index contributed by atoms with van der Waals surface area (Å²) >= 11 is 0. The average molecular weight is 1800 g/mol. The second kappa shape index (κ2) is 31.2. The lowest BCUT2D eigenvalue weighted by molar-refractivity contribution is 0.665. The first kappa shape index (κ1) is 80.3. The van der Waals surface area contributed by atoms with Gasteiger partial charge < -0.3 is 46.1 Å². The lowest BCUT2D eigenvalue weighted by Gasteiger charge is -2.29. The molecule has 10 nitrogen and oxygen atoms in total. The van der Waals surface area contributed by atoms with Crippen molar-refractivity contribution >= 4 is 243 Å². The molecule has 0 bridgehead atoms. The van der Waals surface area contributed by atoms with Crippen molar-refractivity contribution in [2.45, 2.75) is 41.5 Å². The van der Waals surface area contributed by atoms with Crippen molar-refractivity contribution in [3.05, 3.63) is 446 Å². The van der Waals surface area contributed by atoms with Crippen molar-refractivity contribution in [3.8, 4) is 33.4 Å². The molecule has 0 fully saturated rings. The first-order valence-corrected chi connectivity index (χ1v) is 47.9. The van der Waals surface area contributed by atoms with Gasteiger partial charge in [-0.3, -0.25) is 0 Å². The van der Waals surface area contributed by atoms with E-state index in [1.165, 1.54) is 5.56 Å². The second-order valence-corrected chi connectivity index (χ2v) is 37.5. The van der Waals surface area contributed by atoms with E-state index >= 15 is 0 Å². The van der Waals surface area contributed by atoms with E-state index in [-0.39, 0.29) is 0 Å². The number of hydrogen-bond donors (Lipinski definition) is 0. The van der Waals surface area contributed by atoms with Crippen molar-refractivity contribution in [3.63, 3.8) is 0 Å². The summed E-state index contributed by atoms with van der Waals surface area (Å²) in [5.74, 6) is 0. The molecule has 0 saturated heterocycles. The van der Waals surface area contributed by atoms with Crippen molar-refractivity contribution in [2.75, 3.05) is 19.6 Å². The molecule has 0 aliphatic heterocycles. The van der Waals surface area contributed by atoms with Gasteiger partial charge in [-0.25, -0.2) is 0 Å². The second-order valence-electron chi connectivity index (χ2n) is 37.5. The molecule has 6 heterocycles. The Morgan fingerprint density at radius 1 is 0.136 bits per heavy atom. The highest BCUT2D eigenvalue weighted by atomic mass is 16.4. The van der Waals surface area contributed by atoms with Crippen LogP contribution in [0.25, 0.3) is 208 Å². The van der Waals surface area contributed by atoms with E-state index in [1.54, 1.807) is 0 Å². The molecule has 0 N–H and O–H groups in total. The van der Waals surface area contributed by atoms with E-state index in [0.717, 1.165) is 304 Å². The minimum atomic E-state index is 0.745. The smallest absolute Gasteiger partial charge is 0.159 e. The van der Waals surface area contributed by atoms with Crippen LogP contribution in [0.2, 0.25) is 0 Å². The summed E-state index contributed by atoms with van der Waals surface area (Å²) in [6.45, 7) is 12.9. The van der Waals surface area contributed by atoms with Crippen LogP contribution in [0.3, 0.4) is 0 Å². The van der Waals surface area contributed by atoms with Gasteiger partial charge in [-0.2, -0.15) is 0 Å². The van der Waals surface area contributed by atoms with Crippen LogP contribution in [-0.4, -0.2) is 0 Å². The van der Waals surface area contributed by atoms with Crippen molar-refractivity contribution in [1.29, 1.82) is 0 Å². The fraction of sp³-hybridized carbons (Fsp3) is 0.0462. The highest BCUT2D eigenvalue weighted by Crippen LogP contribution is 2.58. The van der Waals surface area contributed by atoms with Gasteiger partial charge in [0.1, 0.15) is 44.7 Å². The quantitative estimate of drug-likeness (QED) is 0.0988. The lowest BCUT2D eigenvalue weighted by atomic mass is 9.94. The maximum absolute atomic E-state index is 7.90. The number of benzene rings is 22. The van der Waals surface area contributed by atoms with Gasteiger partial charge in [0.15, 0.2) is 22.3 Å². The number of hydrogen-bond acceptors (Lipinski definition) is 10. The number of nitrogens with zero attached hydrogens (tertiary/aromatic N) is 4. The molecular formula is C130H86N4O6. The summed E-state index contributed by atoms with van der Waals surface area (Å²) in [4.78, 5) is 9.66. The van der Waals surface area contributed by atoms with Crippen LogP contribution >= 0.6 is 0 Å². The summed E-state index contributed by atoms with van der Waals surface area (Å²) in [6.07, 6.45) is 0. The van der Waals surface area contributed by atoms with E-state index in [0.29, 0.717) is 0 Å². The molecule has 0 saturated carbocycles. The molecule has 10 heteroatoms. The lowest BCUT2D eigenvalue weighted by Crippen LogP contribution is -2.12. The maximum atomic E-state index is 7.90. The topological polar surface area (TPSA) is 91.8 Å². The van der Waals surface area contributed by atoms with Crippen molar-refractivity contribution in [2.24, 2.45) is 0 Å². The molecule has 28 aromatic rings. The molecule has 28 rings (SSSR count). The third kappa shape index (κ3) is 12.3. The molecule has 22 aromatic carbocycles. The SMILES string of the molecule is Cc1ccc(N(c2cc3c4cc(N(c5ccc(C)cc5)c5cccc6c5oc5c(C)cc(-c7ccc8c(N(c9ccccc9-c9ccccc9)c9cccc%10c9oc9c(C)cccc9%10)cc9c%10cc(N(c%11ccccc%11-c%11ccccc%11)c%11cccc%12c%11oc%11c(C)cccc%11%12)c%11ccccc%11c%10oc9c8c7)cc56)c5ccccc5c4oc3c3ccccc23)c2cccc3c2oc2c(C)cccc23)cc1. The zero-order valence-electron chi connectivity index (χ0n) is 77.5. The normalized spacial score (nSPS) is 12.1. The van der Waals surface area contributed by atoms with Gasteiger partial charge in [0.05, 0.1) is 56.9 Å². The Hall–Kier alpha value is -18.1. The van der Waals surface area contributed by atoms with Gasteiger partial charge in [0.2, 0.25) is 0 Å². The van der Waals surface area contributed by atoms with Crippen LogP contribution in [0.4, 0.5) is 68.2 Å². The average Bonchev–Trinajstić information content (AvgIpc) is 1.50. The molecule has 0 spiro atoms. The molecule has 0 unspecified atom stereocenters. The van der Waals surface area contributed by atoms with Gasteiger partial charge >= 0.3 is 0 Å². The van der Waals surface area contributed by atoms with Crippen molar-refractivity contribution in [1.82, 2.24) is 0 Å². The zero-order valence-corrected chi connectivity index (χ0v) is 77.5. The summed E-state index contributed by atoms with van der Waals surface area (Å²) in [5.41, 5.74) is 33.7. The monoisotopic (exact) mass is 1800 g/mol. The predicted molar refractivity (Wildman–Crippen MR) is 584 cm³/mol. The molecule has 662 valence electrons. The van der Waals surface area contributed by atoms with Crippen LogP contribution in [0, 0.1) is 41.5 Å². The minimum Gasteiger partial charge on any atom is -0.455 e. The third-order valence-electron chi connectivity index (χ3n) is 29.1. The van der Waals surface area contributed by atoms with Crippen LogP contribution < -0.4 is 19.6 Å². The van der Waals surface area contributed by atoms with E-state index in [1.807, 2.05) is 0 Å². The van der Waals surface area contributed by atoms with E-state index in [4.69, 9.17) is 26.5 Å². The Kier molecular flexibility index (Phi) is 17.9. The number of anilines is 12.